The summed E-state index contributed by atoms with van der Waals surface area (Å²) in [6.45, 7) is -5.26. The molecule has 0 radical (unpaired) electrons. The Morgan fingerprint density at radius 2 is 1.56 bits per heavy atom. The summed E-state index contributed by atoms with van der Waals surface area (Å²) in [7, 11) is -4.94. The summed E-state index contributed by atoms with van der Waals surface area (Å²) in [6, 6.07) is -0.729. The number of aliphatic hydroxyl groups excluding tert-OH is 2. The highest BCUT2D eigenvalue weighted by atomic mass is 32.7. The Balaban J connectivity index is 1.14. The first-order chi connectivity index (χ1) is 21.4. The predicted octanol–water partition coefficient (Wildman–Crippen LogP) is -0.0337. The molecule has 0 aromatic carbocycles. The molecule has 4 aromatic heterocycles. The molecule has 45 heavy (non-hydrogen) atoms. The number of nitrogens with two attached hydrogens (primary N) is 2. The van der Waals surface area contributed by atoms with E-state index in [9.17, 15) is 24.2 Å². The summed E-state index contributed by atoms with van der Waals surface area (Å²) < 4.78 is 58.3. The third kappa shape index (κ3) is 4.61. The van der Waals surface area contributed by atoms with Crippen LogP contribution in [0.15, 0.2) is 25.3 Å². The van der Waals surface area contributed by atoms with E-state index in [0.29, 0.717) is 17.6 Å². The van der Waals surface area contributed by atoms with Gasteiger partial charge in [-0.25, -0.2) is 39.0 Å². The highest BCUT2D eigenvalue weighted by Crippen LogP contribution is 2.73. The maximum Gasteiger partial charge on any atom is 0.472 e. The van der Waals surface area contributed by atoms with Gasteiger partial charge < -0.3 is 35.9 Å². The van der Waals surface area contributed by atoms with Crippen LogP contribution >= 0.6 is 26.9 Å². The molecule has 2 unspecified atom stereocenters. The van der Waals surface area contributed by atoms with Gasteiger partial charge in [-0.15, -0.1) is 0 Å². The van der Waals surface area contributed by atoms with Gasteiger partial charge >= 0.3 is 14.6 Å². The van der Waals surface area contributed by atoms with Crippen LogP contribution in [0.3, 0.4) is 0 Å². The third-order valence-electron chi connectivity index (χ3n) is 8.90. The lowest BCUT2D eigenvalue weighted by Gasteiger charge is -2.30. The lowest BCUT2D eigenvalue weighted by molar-refractivity contribution is -0.0592. The number of aliphatic hydroxyl groups is 2. The number of hydrogen-bond donors (Lipinski definition) is 6. The van der Waals surface area contributed by atoms with Gasteiger partial charge in [-0.1, -0.05) is 12.2 Å². The number of imidazole rings is 2. The van der Waals surface area contributed by atoms with Gasteiger partial charge in [0.2, 0.25) is 0 Å². The van der Waals surface area contributed by atoms with E-state index in [1.165, 1.54) is 29.9 Å². The van der Waals surface area contributed by atoms with Crippen LogP contribution in [-0.4, -0.2) is 97.9 Å². The first-order valence-corrected chi connectivity index (χ1v) is 17.8. The molecule has 2 bridgehead atoms. The molecule has 2 aliphatic carbocycles. The molecular formula is C22H26N10O10P2S. The quantitative estimate of drug-likeness (QED) is 0.119. The molecule has 11 atom stereocenters. The van der Waals surface area contributed by atoms with Crippen molar-refractivity contribution >= 4 is 60.8 Å². The summed E-state index contributed by atoms with van der Waals surface area (Å²) in [5.74, 6) is -0.196. The van der Waals surface area contributed by atoms with Crippen LogP contribution in [0, 0.1) is 11.3 Å². The Labute approximate surface area is 257 Å². The minimum atomic E-state index is -4.94. The summed E-state index contributed by atoms with van der Waals surface area (Å²) >= 11 is 4.14. The van der Waals surface area contributed by atoms with Crippen molar-refractivity contribution in [2.75, 3.05) is 24.7 Å². The molecule has 1 spiro atoms. The molecular weight excluding hydrogens is 658 g/mol. The van der Waals surface area contributed by atoms with Crippen molar-refractivity contribution in [2.45, 2.75) is 49.2 Å². The lowest BCUT2D eigenvalue weighted by Crippen LogP contribution is -2.37. The Morgan fingerprint density at radius 1 is 0.911 bits per heavy atom. The van der Waals surface area contributed by atoms with Crippen LogP contribution in [0.25, 0.3) is 22.3 Å². The van der Waals surface area contributed by atoms with Gasteiger partial charge in [0.1, 0.15) is 54.2 Å². The van der Waals surface area contributed by atoms with Crippen LogP contribution in [0.5, 0.6) is 0 Å². The van der Waals surface area contributed by atoms with Crippen LogP contribution in [-0.2, 0) is 32.0 Å². The Bertz CT molecular complexity index is 1930. The average Bonchev–Trinajstić information content (AvgIpc) is 3.28. The number of anilines is 2. The molecule has 20 nitrogen and oxygen atoms in total. The normalized spacial score (nSPS) is 41.7. The van der Waals surface area contributed by atoms with E-state index in [0.717, 1.165) is 0 Å². The zero-order chi connectivity index (χ0) is 31.5. The number of nitrogen functional groups attached to an aromatic ring is 2. The van der Waals surface area contributed by atoms with Crippen molar-refractivity contribution in [2.24, 2.45) is 11.3 Å². The molecule has 2 saturated heterocycles. The topological polar surface area (TPSA) is 280 Å². The second kappa shape index (κ2) is 10.1. The number of phosphoric ester groups is 1. The zero-order valence-electron chi connectivity index (χ0n) is 22.8. The van der Waals surface area contributed by atoms with Crippen molar-refractivity contribution in [3.8, 4) is 0 Å². The van der Waals surface area contributed by atoms with E-state index in [-0.39, 0.29) is 22.8 Å². The molecule has 6 heterocycles. The first kappa shape index (κ1) is 29.6. The van der Waals surface area contributed by atoms with Crippen molar-refractivity contribution < 1.29 is 47.1 Å². The molecule has 4 fully saturated rings. The van der Waals surface area contributed by atoms with E-state index in [2.05, 4.69) is 42.2 Å². The summed E-state index contributed by atoms with van der Waals surface area (Å²) in [6.07, 6.45) is -2.68. The molecule has 2 saturated carbocycles. The van der Waals surface area contributed by atoms with Crippen molar-refractivity contribution in [3.63, 3.8) is 0 Å². The number of phosphoric acid groups is 1. The summed E-state index contributed by atoms with van der Waals surface area (Å²) in [5.41, 5.74) is 11.8. The summed E-state index contributed by atoms with van der Waals surface area (Å²) in [5, 5.41) is 22.7. The van der Waals surface area contributed by atoms with Gasteiger partial charge in [-0.2, -0.15) is 0 Å². The van der Waals surface area contributed by atoms with Gasteiger partial charge in [-0.05, 0) is 12.3 Å². The minimum absolute atomic E-state index is 0.0746. The molecule has 2 aliphatic heterocycles. The summed E-state index contributed by atoms with van der Waals surface area (Å²) in [4.78, 5) is 35.6. The Morgan fingerprint density at radius 3 is 2.24 bits per heavy atom. The zero-order valence-corrected chi connectivity index (χ0v) is 25.5. The minimum Gasteiger partial charge on any atom is -0.388 e. The number of rotatable bonds is 2. The fourth-order valence-corrected chi connectivity index (χ4v) is 9.26. The fraction of sp³-hybridized carbons (Fsp3) is 0.545. The predicted molar refractivity (Wildman–Crippen MR) is 153 cm³/mol. The van der Waals surface area contributed by atoms with E-state index < -0.39 is 82.0 Å². The van der Waals surface area contributed by atoms with Crippen LogP contribution in [0.1, 0.15) is 18.7 Å². The van der Waals surface area contributed by atoms with Gasteiger partial charge in [0.05, 0.1) is 31.9 Å². The van der Waals surface area contributed by atoms with Gasteiger partial charge in [0.15, 0.2) is 29.2 Å². The molecule has 4 aromatic rings. The molecule has 7 N–H and O–H groups in total. The largest absolute Gasteiger partial charge is 0.472 e. The smallest absolute Gasteiger partial charge is 0.388 e. The SMILES string of the molecule is Nc1ncnc2c1ncn2[C@H]1[C@H](O)[C@@H]2O[P@](=O)(S)OC[C@H]3O[C@@H](n4cnc5c(N)ncnc54)[C@H](OP(=O)(O)OCC24C[C@H]14)[C@@H]3O. The van der Waals surface area contributed by atoms with Crippen molar-refractivity contribution in [1.29, 1.82) is 0 Å². The average molecular weight is 685 g/mol. The highest BCUT2D eigenvalue weighted by molar-refractivity contribution is 8.44. The highest BCUT2D eigenvalue weighted by Gasteiger charge is 2.74. The first-order valence-electron chi connectivity index (χ1n) is 13.6. The second-order valence-electron chi connectivity index (χ2n) is 11.3. The molecule has 8 rings (SSSR count). The number of aromatic nitrogens is 8. The maximum absolute atomic E-state index is 13.6. The molecule has 4 aliphatic rings. The van der Waals surface area contributed by atoms with Crippen molar-refractivity contribution in [3.05, 3.63) is 25.3 Å². The van der Waals surface area contributed by atoms with E-state index in [1.54, 1.807) is 4.57 Å². The number of ether oxygens (including phenoxy) is 1. The van der Waals surface area contributed by atoms with Crippen LogP contribution in [0.2, 0.25) is 0 Å². The van der Waals surface area contributed by atoms with E-state index >= 15 is 0 Å². The standard InChI is InChI=1S/C22H26N10O10P2S/c23-17-10-19(27-4-25-17)31(6-29-10)12-8-1-22(8)3-39-43(35,36)41-15-13(33)9(2-38-44(37,45)42-16(22)14(12)34)40-21(15)32-7-30-11-18(24)26-5-28-20(11)32/h4-9,12-16,21,33-34H,1-3H2,(H,35,36)(H,37,45)(H2,23,25,27)(H2,24,26,28)/t8-,9-,12-,13-,14+,15-,16+,21-,22?,44-/m1/s1. The maximum atomic E-state index is 13.6. The number of fused-ring (bicyclic) bond motifs is 4. The third-order valence-corrected chi connectivity index (χ3v) is 11.5. The van der Waals surface area contributed by atoms with Crippen LogP contribution in [0.4, 0.5) is 11.6 Å². The molecule has 240 valence electrons. The second-order valence-corrected chi connectivity index (χ2v) is 15.6. The lowest BCUT2D eigenvalue weighted by atomic mass is 10.0. The number of thiol groups is 1. The fourth-order valence-electron chi connectivity index (χ4n) is 6.73. The monoisotopic (exact) mass is 684 g/mol. The van der Waals surface area contributed by atoms with Crippen LogP contribution < -0.4 is 11.5 Å². The van der Waals surface area contributed by atoms with E-state index in [4.69, 9.17) is 34.3 Å². The van der Waals surface area contributed by atoms with Gasteiger partial charge in [-0.3, -0.25) is 22.7 Å². The van der Waals surface area contributed by atoms with Gasteiger partial charge in [0.25, 0.3) is 0 Å². The van der Waals surface area contributed by atoms with E-state index in [1.807, 2.05) is 0 Å². The Kier molecular flexibility index (Phi) is 6.64. The molecule has 0 amide bonds. The number of hydrogen-bond acceptors (Lipinski definition) is 17. The number of nitrogens with zero attached hydrogens (tertiary/aromatic N) is 8. The molecule has 23 heteroatoms. The van der Waals surface area contributed by atoms with Crippen molar-refractivity contribution in [1.82, 2.24) is 39.0 Å². The van der Waals surface area contributed by atoms with Gasteiger partial charge in [0, 0.05) is 5.41 Å². The Hall–Kier alpha value is -2.81.